The van der Waals surface area contributed by atoms with Crippen molar-refractivity contribution in [3.63, 3.8) is 0 Å². The lowest BCUT2D eigenvalue weighted by Gasteiger charge is -2.28. The Hall–Kier alpha value is -1.55. The van der Waals surface area contributed by atoms with Crippen LogP contribution in [0.2, 0.25) is 0 Å². The highest BCUT2D eigenvalue weighted by Crippen LogP contribution is 2.18. The zero-order valence-corrected chi connectivity index (χ0v) is 12.8. The van der Waals surface area contributed by atoms with Gasteiger partial charge in [0.1, 0.15) is 5.75 Å². The van der Waals surface area contributed by atoms with E-state index in [4.69, 9.17) is 4.74 Å². The predicted molar refractivity (Wildman–Crippen MR) is 82.3 cm³/mol. The van der Waals surface area contributed by atoms with Crippen LogP contribution in [0.1, 0.15) is 37.7 Å². The first-order chi connectivity index (χ1) is 10.2. The van der Waals surface area contributed by atoms with Crippen LogP contribution in [-0.2, 0) is 4.79 Å². The predicted octanol–water partition coefficient (Wildman–Crippen LogP) is 2.53. The Morgan fingerprint density at radius 2 is 2.05 bits per heavy atom. The first-order valence-electron chi connectivity index (χ1n) is 7.80. The number of nitrogens with zero attached hydrogens (tertiary/aromatic N) is 1. The maximum atomic E-state index is 12.3. The molecule has 1 unspecified atom stereocenters. The zero-order chi connectivity index (χ0) is 15.1. The number of hydrogen-bond acceptors (Lipinski definition) is 3. The Bertz CT molecular complexity index is 444. The van der Waals surface area contributed by atoms with Crippen molar-refractivity contribution in [2.24, 2.45) is 0 Å². The summed E-state index contributed by atoms with van der Waals surface area (Å²) >= 11 is 0. The molecule has 116 valence electrons. The molecule has 1 atom stereocenters. The van der Waals surface area contributed by atoms with Crippen molar-refractivity contribution in [2.45, 2.75) is 45.1 Å². The van der Waals surface area contributed by atoms with Gasteiger partial charge in [-0.15, -0.1) is 0 Å². The van der Waals surface area contributed by atoms with E-state index in [0.29, 0.717) is 13.0 Å². The number of likely N-dealkylation sites (tertiary alicyclic amines) is 1. The van der Waals surface area contributed by atoms with E-state index in [-0.39, 0.29) is 18.6 Å². The molecule has 0 saturated carbocycles. The van der Waals surface area contributed by atoms with Crippen LogP contribution in [0.5, 0.6) is 5.75 Å². The van der Waals surface area contributed by atoms with Crippen molar-refractivity contribution < 1.29 is 14.6 Å². The fourth-order valence-electron chi connectivity index (χ4n) is 2.73. The highest BCUT2D eigenvalue weighted by atomic mass is 16.5. The molecule has 1 amide bonds. The normalized spacial score (nSPS) is 19.1. The summed E-state index contributed by atoms with van der Waals surface area (Å²) in [6.45, 7) is 3.23. The van der Waals surface area contributed by atoms with Gasteiger partial charge in [0.25, 0.3) is 0 Å². The number of benzene rings is 1. The molecule has 0 spiro atoms. The monoisotopic (exact) mass is 291 g/mol. The van der Waals surface area contributed by atoms with E-state index >= 15 is 0 Å². The third-order valence-electron chi connectivity index (χ3n) is 4.01. The Balaban J connectivity index is 1.81. The van der Waals surface area contributed by atoms with Crippen molar-refractivity contribution in [3.8, 4) is 5.75 Å². The number of aryl methyl sites for hydroxylation is 1. The van der Waals surface area contributed by atoms with Gasteiger partial charge in [0, 0.05) is 6.54 Å². The number of carbonyl (C=O) groups excluding carboxylic acids is 1. The number of rotatable bonds is 5. The lowest BCUT2D eigenvalue weighted by Crippen LogP contribution is -2.42. The summed E-state index contributed by atoms with van der Waals surface area (Å²) in [5.41, 5.74) is 1.19. The highest BCUT2D eigenvalue weighted by molar-refractivity contribution is 5.76. The van der Waals surface area contributed by atoms with Crippen molar-refractivity contribution in [1.82, 2.24) is 4.90 Å². The molecular weight excluding hydrogens is 266 g/mol. The number of hydrogen-bond donors (Lipinski definition) is 1. The molecule has 2 rings (SSSR count). The largest absolute Gasteiger partial charge is 0.493 e. The molecule has 0 aliphatic carbocycles. The Labute approximate surface area is 126 Å². The molecule has 0 aromatic heterocycles. The van der Waals surface area contributed by atoms with Crippen molar-refractivity contribution in [1.29, 1.82) is 0 Å². The molecule has 4 heteroatoms. The highest BCUT2D eigenvalue weighted by Gasteiger charge is 2.24. The van der Waals surface area contributed by atoms with E-state index in [0.717, 1.165) is 38.0 Å². The second-order valence-electron chi connectivity index (χ2n) is 5.68. The van der Waals surface area contributed by atoms with Crippen LogP contribution in [-0.4, -0.2) is 41.7 Å². The van der Waals surface area contributed by atoms with Gasteiger partial charge in [0.15, 0.2) is 0 Å². The topological polar surface area (TPSA) is 49.8 Å². The van der Waals surface area contributed by atoms with Gasteiger partial charge in [0.2, 0.25) is 5.91 Å². The molecule has 1 heterocycles. The molecular formula is C17H25NO3. The van der Waals surface area contributed by atoms with Crippen LogP contribution in [0.15, 0.2) is 24.3 Å². The Kier molecular flexibility index (Phi) is 6.05. The standard InChI is InChI=1S/C17H25NO3/c1-14-6-8-16(9-7-14)21-12-10-17(20)18-11-4-2-3-5-15(18)13-19/h6-9,15,19H,2-5,10-13H2,1H3. The van der Waals surface area contributed by atoms with E-state index in [2.05, 4.69) is 0 Å². The fraction of sp³-hybridized carbons (Fsp3) is 0.588. The molecule has 0 bridgehead atoms. The molecule has 1 aliphatic rings. The smallest absolute Gasteiger partial charge is 0.226 e. The number of ether oxygens (including phenoxy) is 1. The lowest BCUT2D eigenvalue weighted by molar-refractivity contribution is -0.134. The van der Waals surface area contributed by atoms with Gasteiger partial charge in [-0.3, -0.25) is 4.79 Å². The van der Waals surface area contributed by atoms with Gasteiger partial charge in [-0.2, -0.15) is 0 Å². The summed E-state index contributed by atoms with van der Waals surface area (Å²) in [4.78, 5) is 14.1. The summed E-state index contributed by atoms with van der Waals surface area (Å²) in [5.74, 6) is 0.881. The number of aliphatic hydroxyl groups is 1. The summed E-state index contributed by atoms with van der Waals surface area (Å²) in [6, 6.07) is 7.81. The van der Waals surface area contributed by atoms with E-state index in [1.54, 1.807) is 0 Å². The first kappa shape index (κ1) is 15.8. The quantitative estimate of drug-likeness (QED) is 0.907. The van der Waals surface area contributed by atoms with Gasteiger partial charge < -0.3 is 14.7 Å². The minimum Gasteiger partial charge on any atom is -0.493 e. The van der Waals surface area contributed by atoms with Gasteiger partial charge >= 0.3 is 0 Å². The summed E-state index contributed by atoms with van der Waals surface area (Å²) < 4.78 is 5.61. The molecule has 1 N–H and O–H groups in total. The van der Waals surface area contributed by atoms with Crippen LogP contribution >= 0.6 is 0 Å². The number of carbonyl (C=O) groups is 1. The van der Waals surface area contributed by atoms with Crippen LogP contribution < -0.4 is 4.74 Å². The van der Waals surface area contributed by atoms with E-state index in [9.17, 15) is 9.90 Å². The van der Waals surface area contributed by atoms with Crippen molar-refractivity contribution >= 4 is 5.91 Å². The van der Waals surface area contributed by atoms with Gasteiger partial charge in [-0.05, 0) is 31.9 Å². The summed E-state index contributed by atoms with van der Waals surface area (Å²) in [5, 5.41) is 9.44. The third-order valence-corrected chi connectivity index (χ3v) is 4.01. The lowest BCUT2D eigenvalue weighted by atomic mass is 10.1. The Morgan fingerprint density at radius 3 is 2.76 bits per heavy atom. The maximum absolute atomic E-state index is 12.3. The average molecular weight is 291 g/mol. The van der Waals surface area contributed by atoms with Crippen molar-refractivity contribution in [3.05, 3.63) is 29.8 Å². The molecule has 0 radical (unpaired) electrons. The van der Waals surface area contributed by atoms with E-state index in [1.807, 2.05) is 36.1 Å². The van der Waals surface area contributed by atoms with Crippen LogP contribution in [0, 0.1) is 6.92 Å². The molecule has 4 nitrogen and oxygen atoms in total. The minimum absolute atomic E-state index is 0.0145. The van der Waals surface area contributed by atoms with Crippen LogP contribution in [0.3, 0.4) is 0 Å². The summed E-state index contributed by atoms with van der Waals surface area (Å²) in [7, 11) is 0. The zero-order valence-electron chi connectivity index (χ0n) is 12.8. The van der Waals surface area contributed by atoms with Crippen LogP contribution in [0.25, 0.3) is 0 Å². The summed E-state index contributed by atoms with van der Waals surface area (Å²) in [6.07, 6.45) is 4.53. The minimum atomic E-state index is -0.0145. The maximum Gasteiger partial charge on any atom is 0.226 e. The van der Waals surface area contributed by atoms with Gasteiger partial charge in [-0.1, -0.05) is 30.5 Å². The fourth-order valence-corrected chi connectivity index (χ4v) is 2.73. The first-order valence-corrected chi connectivity index (χ1v) is 7.80. The van der Waals surface area contributed by atoms with Crippen LogP contribution in [0.4, 0.5) is 0 Å². The molecule has 1 saturated heterocycles. The number of amides is 1. The second-order valence-corrected chi connectivity index (χ2v) is 5.68. The molecule has 1 aromatic carbocycles. The average Bonchev–Trinajstić information content (AvgIpc) is 2.74. The number of aliphatic hydroxyl groups excluding tert-OH is 1. The van der Waals surface area contributed by atoms with E-state index < -0.39 is 0 Å². The molecule has 1 aliphatic heterocycles. The van der Waals surface area contributed by atoms with Gasteiger partial charge in [0.05, 0.1) is 25.7 Å². The van der Waals surface area contributed by atoms with E-state index in [1.165, 1.54) is 5.56 Å². The second kappa shape index (κ2) is 8.03. The molecule has 21 heavy (non-hydrogen) atoms. The third kappa shape index (κ3) is 4.74. The van der Waals surface area contributed by atoms with Crippen molar-refractivity contribution in [2.75, 3.05) is 19.8 Å². The Morgan fingerprint density at radius 1 is 1.29 bits per heavy atom. The molecule has 1 fully saturated rings. The SMILES string of the molecule is Cc1ccc(OCCC(=O)N2CCCCCC2CO)cc1. The van der Waals surface area contributed by atoms with Gasteiger partial charge in [-0.25, -0.2) is 0 Å². The molecule has 1 aromatic rings.